The molecule has 0 atom stereocenters. The quantitative estimate of drug-likeness (QED) is 0.633. The first-order valence-corrected chi connectivity index (χ1v) is 7.28. The predicted molar refractivity (Wildman–Crippen MR) is 82.6 cm³/mol. The number of nitrogens with two attached hydrogens (primary N) is 1. The first-order chi connectivity index (χ1) is 10.0. The molecule has 1 amide bonds. The molecule has 0 aliphatic carbocycles. The number of nitro groups is 1. The monoisotopic (exact) mass is 305 g/mol. The van der Waals surface area contributed by atoms with Gasteiger partial charge in [-0.05, 0) is 35.6 Å². The van der Waals surface area contributed by atoms with Crippen LogP contribution < -0.4 is 11.1 Å². The molecule has 0 bridgehead atoms. The maximum Gasteiger partial charge on any atom is 0.292 e. The van der Waals surface area contributed by atoms with Gasteiger partial charge in [-0.2, -0.15) is 0 Å². The van der Waals surface area contributed by atoms with Crippen LogP contribution in [0.3, 0.4) is 0 Å². The molecule has 0 unspecified atom stereocenters. The van der Waals surface area contributed by atoms with E-state index in [9.17, 15) is 14.9 Å². The SMILES string of the molecule is CCc1ccsc1CNc1cc(C(N)=O)ccc1[N+](=O)[O-]. The Labute approximate surface area is 125 Å². The maximum atomic E-state index is 11.2. The lowest BCUT2D eigenvalue weighted by atomic mass is 10.1. The van der Waals surface area contributed by atoms with Crippen molar-refractivity contribution in [3.63, 3.8) is 0 Å². The van der Waals surface area contributed by atoms with E-state index in [4.69, 9.17) is 5.73 Å². The molecule has 0 aliphatic heterocycles. The number of hydrogen-bond donors (Lipinski definition) is 2. The summed E-state index contributed by atoms with van der Waals surface area (Å²) in [6.45, 7) is 2.53. The summed E-state index contributed by atoms with van der Waals surface area (Å²) >= 11 is 1.59. The van der Waals surface area contributed by atoms with Gasteiger partial charge >= 0.3 is 0 Å². The number of amides is 1. The van der Waals surface area contributed by atoms with E-state index in [0.29, 0.717) is 12.2 Å². The van der Waals surface area contributed by atoms with Crippen LogP contribution in [-0.2, 0) is 13.0 Å². The van der Waals surface area contributed by atoms with Gasteiger partial charge < -0.3 is 11.1 Å². The number of nitrogens with zero attached hydrogens (tertiary/aromatic N) is 1. The smallest absolute Gasteiger partial charge is 0.292 e. The molecular formula is C14H15N3O3S. The molecule has 0 saturated carbocycles. The van der Waals surface area contributed by atoms with Crippen LogP contribution in [0, 0.1) is 10.1 Å². The minimum Gasteiger partial charge on any atom is -0.375 e. The van der Waals surface area contributed by atoms with Gasteiger partial charge in [-0.25, -0.2) is 0 Å². The summed E-state index contributed by atoms with van der Waals surface area (Å²) in [5, 5.41) is 16.1. The number of nitro benzene ring substituents is 1. The second-order valence-electron chi connectivity index (χ2n) is 4.43. The Balaban J connectivity index is 2.27. The standard InChI is InChI=1S/C14H15N3O3S/c1-2-9-5-6-21-13(9)8-16-11-7-10(14(15)18)3-4-12(11)17(19)20/h3-7,16H,2,8H2,1H3,(H2,15,18). The molecule has 6 nitrogen and oxygen atoms in total. The van der Waals surface area contributed by atoms with Crippen LogP contribution in [0.25, 0.3) is 0 Å². The number of primary amides is 1. The lowest BCUT2D eigenvalue weighted by Crippen LogP contribution is -2.12. The van der Waals surface area contributed by atoms with Gasteiger partial charge in [0.05, 0.1) is 4.92 Å². The number of anilines is 1. The summed E-state index contributed by atoms with van der Waals surface area (Å²) in [6.07, 6.45) is 0.907. The zero-order valence-electron chi connectivity index (χ0n) is 11.5. The van der Waals surface area contributed by atoms with Crippen molar-refractivity contribution in [3.05, 3.63) is 55.8 Å². The van der Waals surface area contributed by atoms with Crippen molar-refractivity contribution < 1.29 is 9.72 Å². The van der Waals surface area contributed by atoms with Gasteiger partial charge in [0.25, 0.3) is 5.69 Å². The van der Waals surface area contributed by atoms with E-state index in [1.165, 1.54) is 23.8 Å². The highest BCUT2D eigenvalue weighted by molar-refractivity contribution is 7.10. The Kier molecular flexibility index (Phi) is 4.54. The lowest BCUT2D eigenvalue weighted by molar-refractivity contribution is -0.384. The molecule has 1 heterocycles. The minimum atomic E-state index is -0.613. The van der Waals surface area contributed by atoms with Crippen LogP contribution in [0.2, 0.25) is 0 Å². The first kappa shape index (κ1) is 15.0. The molecule has 2 rings (SSSR count). The van der Waals surface area contributed by atoms with Crippen LogP contribution in [-0.4, -0.2) is 10.8 Å². The second kappa shape index (κ2) is 6.36. The van der Waals surface area contributed by atoms with Crippen LogP contribution in [0.15, 0.2) is 29.6 Å². The molecule has 1 aromatic heterocycles. The largest absolute Gasteiger partial charge is 0.375 e. The van der Waals surface area contributed by atoms with Crippen molar-refractivity contribution in [1.82, 2.24) is 0 Å². The van der Waals surface area contributed by atoms with Gasteiger partial charge in [-0.1, -0.05) is 6.92 Å². The maximum absolute atomic E-state index is 11.2. The summed E-state index contributed by atoms with van der Waals surface area (Å²) in [5.41, 5.74) is 6.88. The van der Waals surface area contributed by atoms with E-state index in [0.717, 1.165) is 11.3 Å². The molecule has 1 aromatic carbocycles. The fraction of sp³-hybridized carbons (Fsp3) is 0.214. The molecule has 3 N–H and O–H groups in total. The van der Waals surface area contributed by atoms with E-state index in [-0.39, 0.29) is 11.3 Å². The van der Waals surface area contributed by atoms with Crippen LogP contribution >= 0.6 is 11.3 Å². The van der Waals surface area contributed by atoms with E-state index in [2.05, 4.69) is 12.2 Å². The number of aryl methyl sites for hydroxylation is 1. The summed E-state index contributed by atoms with van der Waals surface area (Å²) < 4.78 is 0. The van der Waals surface area contributed by atoms with Gasteiger partial charge in [0.15, 0.2) is 0 Å². The molecular weight excluding hydrogens is 290 g/mol. The minimum absolute atomic E-state index is 0.0744. The Morgan fingerprint density at radius 2 is 2.19 bits per heavy atom. The Hall–Kier alpha value is -2.41. The number of thiophene rings is 1. The molecule has 7 heteroatoms. The molecule has 2 aromatic rings. The summed E-state index contributed by atoms with van der Waals surface area (Å²) in [4.78, 5) is 22.9. The first-order valence-electron chi connectivity index (χ1n) is 6.40. The summed E-state index contributed by atoms with van der Waals surface area (Å²) in [7, 11) is 0. The van der Waals surface area contributed by atoms with Gasteiger partial charge in [0, 0.05) is 23.1 Å². The molecule has 0 aliphatic rings. The number of carbonyl (C=O) groups is 1. The Morgan fingerprint density at radius 3 is 2.81 bits per heavy atom. The highest BCUT2D eigenvalue weighted by Crippen LogP contribution is 2.27. The predicted octanol–water partition coefficient (Wildman–Crippen LogP) is 2.93. The van der Waals surface area contributed by atoms with Gasteiger partial charge in [-0.3, -0.25) is 14.9 Å². The fourth-order valence-corrected chi connectivity index (χ4v) is 2.92. The third-order valence-electron chi connectivity index (χ3n) is 3.14. The van der Waals surface area contributed by atoms with Gasteiger partial charge in [0.2, 0.25) is 5.91 Å². The van der Waals surface area contributed by atoms with Crippen molar-refractivity contribution in [1.29, 1.82) is 0 Å². The number of nitrogens with one attached hydrogen (secondary N) is 1. The van der Waals surface area contributed by atoms with E-state index in [1.54, 1.807) is 11.3 Å². The van der Waals surface area contributed by atoms with Crippen molar-refractivity contribution in [2.24, 2.45) is 5.73 Å². The highest BCUT2D eigenvalue weighted by atomic mass is 32.1. The summed E-state index contributed by atoms with van der Waals surface area (Å²) in [6, 6.07) is 6.10. The molecule has 0 radical (unpaired) electrons. The Morgan fingerprint density at radius 1 is 1.43 bits per heavy atom. The number of rotatable bonds is 6. The molecule has 110 valence electrons. The van der Waals surface area contributed by atoms with Gasteiger partial charge in [-0.15, -0.1) is 11.3 Å². The fourth-order valence-electron chi connectivity index (χ4n) is 2.00. The van der Waals surface area contributed by atoms with E-state index in [1.807, 2.05) is 11.4 Å². The second-order valence-corrected chi connectivity index (χ2v) is 5.43. The third-order valence-corrected chi connectivity index (χ3v) is 4.10. The van der Waals surface area contributed by atoms with Crippen LogP contribution in [0.4, 0.5) is 11.4 Å². The van der Waals surface area contributed by atoms with Crippen molar-refractivity contribution in [3.8, 4) is 0 Å². The van der Waals surface area contributed by atoms with Crippen molar-refractivity contribution >= 4 is 28.6 Å². The molecule has 0 saturated heterocycles. The topological polar surface area (TPSA) is 98.3 Å². The zero-order valence-corrected chi connectivity index (χ0v) is 12.3. The third kappa shape index (κ3) is 3.38. The van der Waals surface area contributed by atoms with Crippen molar-refractivity contribution in [2.45, 2.75) is 19.9 Å². The molecule has 21 heavy (non-hydrogen) atoms. The number of carbonyl (C=O) groups excluding carboxylic acids is 1. The highest BCUT2D eigenvalue weighted by Gasteiger charge is 2.16. The van der Waals surface area contributed by atoms with E-state index < -0.39 is 10.8 Å². The van der Waals surface area contributed by atoms with Crippen LogP contribution in [0.1, 0.15) is 27.7 Å². The normalized spacial score (nSPS) is 10.3. The van der Waals surface area contributed by atoms with Crippen molar-refractivity contribution in [2.75, 3.05) is 5.32 Å². The lowest BCUT2D eigenvalue weighted by Gasteiger charge is -2.08. The molecule has 0 fully saturated rings. The number of benzene rings is 1. The summed E-state index contributed by atoms with van der Waals surface area (Å²) in [5.74, 6) is -0.613. The zero-order chi connectivity index (χ0) is 15.4. The Bertz CT molecular complexity index is 682. The van der Waals surface area contributed by atoms with Gasteiger partial charge in [0.1, 0.15) is 5.69 Å². The van der Waals surface area contributed by atoms with Crippen LogP contribution in [0.5, 0.6) is 0 Å². The number of hydrogen-bond acceptors (Lipinski definition) is 5. The average molecular weight is 305 g/mol. The van der Waals surface area contributed by atoms with E-state index >= 15 is 0 Å². The molecule has 0 spiro atoms. The average Bonchev–Trinajstić information content (AvgIpc) is 2.91.